The van der Waals surface area contributed by atoms with Crippen molar-refractivity contribution in [3.05, 3.63) is 46.2 Å². The number of nitrogens with one attached hydrogen (secondary N) is 1. The summed E-state index contributed by atoms with van der Waals surface area (Å²) in [5, 5.41) is 17.6. The fourth-order valence-corrected chi connectivity index (χ4v) is 4.56. The summed E-state index contributed by atoms with van der Waals surface area (Å²) >= 11 is 2.98. The molecule has 0 fully saturated rings. The summed E-state index contributed by atoms with van der Waals surface area (Å²) in [6.07, 6.45) is 0. The fourth-order valence-electron chi connectivity index (χ4n) is 3.18. The van der Waals surface area contributed by atoms with Gasteiger partial charge in [-0.05, 0) is 45.5 Å². The Balaban J connectivity index is 1.38. The molecule has 0 saturated carbocycles. The molecule has 8 nitrogen and oxygen atoms in total. The van der Waals surface area contributed by atoms with E-state index in [0.717, 1.165) is 21.9 Å². The normalized spacial score (nSPS) is 14.0. The van der Waals surface area contributed by atoms with Crippen LogP contribution in [0.15, 0.2) is 40.9 Å². The molecule has 3 heterocycles. The number of fused-ring (bicyclic) bond motifs is 1. The predicted octanol–water partition coefficient (Wildman–Crippen LogP) is 3.16. The van der Waals surface area contributed by atoms with E-state index in [4.69, 9.17) is 9.47 Å². The zero-order valence-electron chi connectivity index (χ0n) is 16.8. The number of thioether (sulfide) groups is 1. The quantitative estimate of drug-likeness (QED) is 0.533. The third kappa shape index (κ3) is 4.93. The number of carbonyl (C=O) groups is 1. The second-order valence-corrected chi connectivity index (χ2v) is 9.15. The zero-order chi connectivity index (χ0) is 20.9. The minimum atomic E-state index is -0.129. The molecular weight excluding hydrogens is 422 g/mol. The summed E-state index contributed by atoms with van der Waals surface area (Å²) in [6, 6.07) is 9.74. The van der Waals surface area contributed by atoms with Gasteiger partial charge in [0.15, 0.2) is 11.5 Å². The maximum Gasteiger partial charge on any atom is 0.230 e. The SMILES string of the molecule is CC(C)[C@@H](NC(=O)CSc1nnnn1Cc1cccs1)c1ccc2c(c1)OCCO2. The number of nitrogens with zero attached hydrogens (tertiary/aromatic N) is 4. The van der Waals surface area contributed by atoms with Crippen molar-refractivity contribution in [2.24, 2.45) is 5.92 Å². The van der Waals surface area contributed by atoms with E-state index in [2.05, 4.69) is 34.7 Å². The van der Waals surface area contributed by atoms with Crippen LogP contribution in [0.25, 0.3) is 0 Å². The highest BCUT2D eigenvalue weighted by molar-refractivity contribution is 7.99. The highest BCUT2D eigenvalue weighted by atomic mass is 32.2. The summed E-state index contributed by atoms with van der Waals surface area (Å²) in [7, 11) is 0. The van der Waals surface area contributed by atoms with Crippen LogP contribution in [-0.4, -0.2) is 45.1 Å². The standard InChI is InChI=1S/C20H23N5O3S2/c1-13(2)19(14-5-6-16-17(10-14)28-8-7-27-16)21-18(26)12-30-20-22-23-24-25(20)11-15-4-3-9-29-15/h3-6,9-10,13,19H,7-8,11-12H2,1-2H3,(H,21,26)/t19-/m1/s1. The fraction of sp³-hybridized carbons (Fsp3) is 0.400. The van der Waals surface area contributed by atoms with Crippen LogP contribution in [0.4, 0.5) is 0 Å². The smallest absolute Gasteiger partial charge is 0.230 e. The first kappa shape index (κ1) is 20.7. The number of aromatic nitrogens is 4. The molecule has 158 valence electrons. The largest absolute Gasteiger partial charge is 0.486 e. The Bertz CT molecular complexity index is 990. The van der Waals surface area contributed by atoms with Crippen LogP contribution in [0.5, 0.6) is 11.5 Å². The molecule has 1 aliphatic heterocycles. The molecule has 0 aliphatic carbocycles. The van der Waals surface area contributed by atoms with Gasteiger partial charge in [0.2, 0.25) is 11.1 Å². The third-order valence-corrected chi connectivity index (χ3v) is 6.44. The van der Waals surface area contributed by atoms with Crippen molar-refractivity contribution in [3.8, 4) is 11.5 Å². The zero-order valence-corrected chi connectivity index (χ0v) is 18.4. The molecule has 0 unspecified atom stereocenters. The first-order chi connectivity index (χ1) is 14.6. The van der Waals surface area contributed by atoms with Gasteiger partial charge < -0.3 is 14.8 Å². The molecule has 2 aromatic heterocycles. The molecule has 4 rings (SSSR count). The molecule has 0 spiro atoms. The number of hydrogen-bond donors (Lipinski definition) is 1. The van der Waals surface area contributed by atoms with Gasteiger partial charge >= 0.3 is 0 Å². The lowest BCUT2D eigenvalue weighted by atomic mass is 9.95. The number of amides is 1. The number of tetrazole rings is 1. The van der Waals surface area contributed by atoms with Gasteiger partial charge in [0.1, 0.15) is 13.2 Å². The second-order valence-electron chi connectivity index (χ2n) is 7.18. The van der Waals surface area contributed by atoms with E-state index in [1.807, 2.05) is 35.7 Å². The van der Waals surface area contributed by atoms with Gasteiger partial charge in [-0.25, -0.2) is 4.68 Å². The number of carbonyl (C=O) groups excluding carboxylic acids is 1. The Morgan fingerprint density at radius 1 is 1.27 bits per heavy atom. The van der Waals surface area contributed by atoms with E-state index in [-0.39, 0.29) is 23.6 Å². The molecule has 0 radical (unpaired) electrons. The minimum Gasteiger partial charge on any atom is -0.486 e. The molecule has 1 aliphatic rings. The molecule has 1 N–H and O–H groups in total. The first-order valence-electron chi connectivity index (χ1n) is 9.70. The van der Waals surface area contributed by atoms with E-state index in [1.165, 1.54) is 11.8 Å². The van der Waals surface area contributed by atoms with Gasteiger partial charge in [-0.3, -0.25) is 4.79 Å². The summed E-state index contributed by atoms with van der Waals surface area (Å²) < 4.78 is 13.0. The van der Waals surface area contributed by atoms with Crippen molar-refractivity contribution in [3.63, 3.8) is 0 Å². The molecule has 1 atom stereocenters. The van der Waals surface area contributed by atoms with E-state index in [0.29, 0.717) is 24.9 Å². The van der Waals surface area contributed by atoms with Crippen LogP contribution in [0.2, 0.25) is 0 Å². The van der Waals surface area contributed by atoms with Gasteiger partial charge in [0.25, 0.3) is 0 Å². The van der Waals surface area contributed by atoms with Crippen LogP contribution in [-0.2, 0) is 11.3 Å². The highest BCUT2D eigenvalue weighted by Gasteiger charge is 2.22. The van der Waals surface area contributed by atoms with Crippen molar-refractivity contribution in [1.82, 2.24) is 25.5 Å². The van der Waals surface area contributed by atoms with Gasteiger partial charge in [-0.15, -0.1) is 16.4 Å². The molecule has 1 amide bonds. The van der Waals surface area contributed by atoms with Crippen molar-refractivity contribution in [2.75, 3.05) is 19.0 Å². The van der Waals surface area contributed by atoms with Crippen molar-refractivity contribution in [2.45, 2.75) is 31.6 Å². The van der Waals surface area contributed by atoms with Crippen LogP contribution < -0.4 is 14.8 Å². The number of hydrogen-bond acceptors (Lipinski definition) is 8. The number of thiophene rings is 1. The van der Waals surface area contributed by atoms with E-state index in [9.17, 15) is 4.79 Å². The molecular formula is C20H23N5O3S2. The lowest BCUT2D eigenvalue weighted by Crippen LogP contribution is -2.33. The van der Waals surface area contributed by atoms with Crippen LogP contribution >= 0.6 is 23.1 Å². The summed E-state index contributed by atoms with van der Waals surface area (Å²) in [6.45, 7) is 5.85. The second kappa shape index (κ2) is 9.48. The van der Waals surface area contributed by atoms with E-state index < -0.39 is 0 Å². The lowest BCUT2D eigenvalue weighted by Gasteiger charge is -2.25. The average Bonchev–Trinajstić information content (AvgIpc) is 3.42. The topological polar surface area (TPSA) is 91.2 Å². The Morgan fingerprint density at radius 2 is 2.10 bits per heavy atom. The van der Waals surface area contributed by atoms with Crippen LogP contribution in [0.3, 0.4) is 0 Å². The van der Waals surface area contributed by atoms with Gasteiger partial charge in [-0.1, -0.05) is 37.7 Å². The first-order valence-corrected chi connectivity index (χ1v) is 11.6. The predicted molar refractivity (Wildman–Crippen MR) is 115 cm³/mol. The molecule has 0 bridgehead atoms. The molecule has 3 aromatic rings. The van der Waals surface area contributed by atoms with Crippen molar-refractivity contribution in [1.29, 1.82) is 0 Å². The van der Waals surface area contributed by atoms with E-state index >= 15 is 0 Å². The lowest BCUT2D eigenvalue weighted by molar-refractivity contribution is -0.119. The minimum absolute atomic E-state index is 0.0701. The number of rotatable bonds is 8. The monoisotopic (exact) mass is 445 g/mol. The maximum atomic E-state index is 12.7. The summed E-state index contributed by atoms with van der Waals surface area (Å²) in [5.74, 6) is 1.84. The number of benzene rings is 1. The molecule has 10 heteroatoms. The third-order valence-electron chi connectivity index (χ3n) is 4.63. The Hall–Kier alpha value is -2.59. The molecule has 30 heavy (non-hydrogen) atoms. The molecule has 0 saturated heterocycles. The van der Waals surface area contributed by atoms with Gasteiger partial charge in [0.05, 0.1) is 18.3 Å². The van der Waals surface area contributed by atoms with Crippen molar-refractivity contribution < 1.29 is 14.3 Å². The maximum absolute atomic E-state index is 12.7. The van der Waals surface area contributed by atoms with Crippen LogP contribution in [0.1, 0.15) is 30.3 Å². The highest BCUT2D eigenvalue weighted by Crippen LogP contribution is 2.34. The van der Waals surface area contributed by atoms with Crippen molar-refractivity contribution >= 4 is 29.0 Å². The number of ether oxygens (including phenoxy) is 2. The summed E-state index contributed by atoms with van der Waals surface area (Å²) in [4.78, 5) is 13.8. The Labute approximate surface area is 183 Å². The van der Waals surface area contributed by atoms with E-state index in [1.54, 1.807) is 16.0 Å². The summed E-state index contributed by atoms with van der Waals surface area (Å²) in [5.41, 5.74) is 0.995. The molecule has 1 aromatic carbocycles. The average molecular weight is 446 g/mol. The Kier molecular flexibility index (Phi) is 6.53. The van der Waals surface area contributed by atoms with Gasteiger partial charge in [0, 0.05) is 4.88 Å². The Morgan fingerprint density at radius 3 is 2.87 bits per heavy atom. The van der Waals surface area contributed by atoms with Crippen LogP contribution in [0, 0.1) is 5.92 Å². The van der Waals surface area contributed by atoms with Gasteiger partial charge in [-0.2, -0.15) is 0 Å².